The van der Waals surface area contributed by atoms with Crippen molar-refractivity contribution in [1.29, 1.82) is 0 Å². The lowest BCUT2D eigenvalue weighted by molar-refractivity contribution is 0.141. The Morgan fingerprint density at radius 1 is 1.37 bits per heavy atom. The van der Waals surface area contributed by atoms with Crippen LogP contribution in [0.15, 0.2) is 30.3 Å². The number of carbonyl (C=O) groups is 1. The SMILES string of the molecule is CC#CC#CC(O)N(C(=O)OCC)c1ccccc1. The molecule has 0 aliphatic rings. The van der Waals surface area contributed by atoms with E-state index in [1.165, 1.54) is 0 Å². The van der Waals surface area contributed by atoms with E-state index in [0.717, 1.165) is 4.90 Å². The van der Waals surface area contributed by atoms with Crippen LogP contribution < -0.4 is 4.90 Å². The maximum absolute atomic E-state index is 11.9. The van der Waals surface area contributed by atoms with Crippen LogP contribution in [0, 0.1) is 23.7 Å². The van der Waals surface area contributed by atoms with E-state index < -0.39 is 12.3 Å². The molecule has 1 aromatic rings. The predicted octanol–water partition coefficient (Wildman–Crippen LogP) is 1.99. The molecular formula is C15H15NO3. The molecule has 0 aliphatic carbocycles. The molecule has 0 fully saturated rings. The van der Waals surface area contributed by atoms with Crippen molar-refractivity contribution in [2.45, 2.75) is 20.1 Å². The monoisotopic (exact) mass is 257 g/mol. The Hall–Kier alpha value is -2.43. The number of benzene rings is 1. The molecule has 0 aliphatic heterocycles. The van der Waals surface area contributed by atoms with E-state index in [2.05, 4.69) is 23.7 Å². The fourth-order valence-electron chi connectivity index (χ4n) is 1.36. The molecule has 4 heteroatoms. The van der Waals surface area contributed by atoms with Crippen LogP contribution >= 0.6 is 0 Å². The van der Waals surface area contributed by atoms with E-state index in [0.29, 0.717) is 5.69 Å². The molecular weight excluding hydrogens is 242 g/mol. The second-order valence-corrected chi connectivity index (χ2v) is 3.42. The number of aliphatic hydroxyl groups is 1. The van der Waals surface area contributed by atoms with Crippen molar-refractivity contribution in [3.8, 4) is 23.7 Å². The van der Waals surface area contributed by atoms with Crippen molar-refractivity contribution in [2.24, 2.45) is 0 Å². The number of ether oxygens (including phenoxy) is 1. The molecule has 1 aromatic carbocycles. The fourth-order valence-corrected chi connectivity index (χ4v) is 1.36. The molecule has 1 rings (SSSR count). The van der Waals surface area contributed by atoms with Gasteiger partial charge in [-0.3, -0.25) is 0 Å². The highest BCUT2D eigenvalue weighted by Gasteiger charge is 2.23. The maximum Gasteiger partial charge on any atom is 0.417 e. The van der Waals surface area contributed by atoms with Crippen molar-refractivity contribution >= 4 is 11.8 Å². The van der Waals surface area contributed by atoms with Gasteiger partial charge in [-0.1, -0.05) is 24.1 Å². The normalized spacial score (nSPS) is 10.3. The summed E-state index contributed by atoms with van der Waals surface area (Å²) in [6, 6.07) is 8.70. The first kappa shape index (κ1) is 14.6. The van der Waals surface area contributed by atoms with Crippen LogP contribution in [-0.2, 0) is 4.74 Å². The number of hydrogen-bond donors (Lipinski definition) is 1. The molecule has 0 saturated heterocycles. The Morgan fingerprint density at radius 3 is 2.63 bits per heavy atom. The molecule has 1 unspecified atom stereocenters. The second-order valence-electron chi connectivity index (χ2n) is 3.42. The van der Waals surface area contributed by atoms with Gasteiger partial charge in [-0.05, 0) is 43.7 Å². The number of rotatable bonds is 3. The van der Waals surface area contributed by atoms with Crippen molar-refractivity contribution in [3.63, 3.8) is 0 Å². The number of aliphatic hydroxyl groups excluding tert-OH is 1. The Balaban J connectivity index is 3.02. The minimum atomic E-state index is -1.30. The lowest BCUT2D eigenvalue weighted by atomic mass is 10.3. The van der Waals surface area contributed by atoms with E-state index in [1.54, 1.807) is 38.1 Å². The smallest absolute Gasteiger partial charge is 0.417 e. The highest BCUT2D eigenvalue weighted by molar-refractivity contribution is 5.88. The summed E-state index contributed by atoms with van der Waals surface area (Å²) in [6.45, 7) is 3.56. The minimum absolute atomic E-state index is 0.219. The Morgan fingerprint density at radius 2 is 2.05 bits per heavy atom. The average Bonchev–Trinajstić information content (AvgIpc) is 2.41. The number of carbonyl (C=O) groups excluding carboxylic acids is 1. The van der Waals surface area contributed by atoms with Crippen LogP contribution in [-0.4, -0.2) is 24.0 Å². The molecule has 4 nitrogen and oxygen atoms in total. The van der Waals surface area contributed by atoms with E-state index in [-0.39, 0.29) is 6.61 Å². The average molecular weight is 257 g/mol. The third kappa shape index (κ3) is 4.39. The molecule has 98 valence electrons. The van der Waals surface area contributed by atoms with Gasteiger partial charge in [0, 0.05) is 0 Å². The first-order valence-electron chi connectivity index (χ1n) is 5.82. The molecule has 0 heterocycles. The molecule has 0 radical (unpaired) electrons. The van der Waals surface area contributed by atoms with E-state index in [4.69, 9.17) is 4.74 Å². The lowest BCUT2D eigenvalue weighted by Gasteiger charge is -2.23. The van der Waals surface area contributed by atoms with Crippen LogP contribution in [0.4, 0.5) is 10.5 Å². The summed E-state index contributed by atoms with van der Waals surface area (Å²) in [6.07, 6.45) is -1.96. The van der Waals surface area contributed by atoms with Gasteiger partial charge in [-0.25, -0.2) is 9.69 Å². The predicted molar refractivity (Wildman–Crippen MR) is 73.2 cm³/mol. The zero-order valence-corrected chi connectivity index (χ0v) is 10.9. The standard InChI is InChI=1S/C15H15NO3/c1-3-5-7-12-14(17)16(15(18)19-4-2)13-10-8-6-9-11-13/h6,8-11,14,17H,4H2,1-2H3. The van der Waals surface area contributed by atoms with Gasteiger partial charge in [0.05, 0.1) is 12.3 Å². The quantitative estimate of drug-likeness (QED) is 0.665. The third-order valence-electron chi connectivity index (χ3n) is 2.13. The molecule has 1 N–H and O–H groups in total. The van der Waals surface area contributed by atoms with Gasteiger partial charge in [0.1, 0.15) is 0 Å². The first-order chi connectivity index (χ1) is 9.20. The number of nitrogens with zero attached hydrogens (tertiary/aromatic N) is 1. The molecule has 0 bridgehead atoms. The summed E-state index contributed by atoms with van der Waals surface area (Å²) in [5, 5.41) is 9.97. The molecule has 1 atom stereocenters. The van der Waals surface area contributed by atoms with Gasteiger partial charge in [0.25, 0.3) is 0 Å². The first-order valence-corrected chi connectivity index (χ1v) is 5.82. The maximum atomic E-state index is 11.9. The summed E-state index contributed by atoms with van der Waals surface area (Å²) in [5.74, 6) is 10.0. The summed E-state index contributed by atoms with van der Waals surface area (Å²) in [7, 11) is 0. The van der Waals surface area contributed by atoms with Gasteiger partial charge in [-0.15, -0.1) is 0 Å². The minimum Gasteiger partial charge on any atom is -0.449 e. The number of para-hydroxylation sites is 1. The topological polar surface area (TPSA) is 49.8 Å². The van der Waals surface area contributed by atoms with Crippen LogP contribution in [0.5, 0.6) is 0 Å². The van der Waals surface area contributed by atoms with Crippen LogP contribution in [0.1, 0.15) is 13.8 Å². The van der Waals surface area contributed by atoms with Gasteiger partial charge in [0.15, 0.2) is 0 Å². The fraction of sp³-hybridized carbons (Fsp3) is 0.267. The highest BCUT2D eigenvalue weighted by Crippen LogP contribution is 2.16. The summed E-state index contributed by atoms with van der Waals surface area (Å²) in [5.41, 5.74) is 0.507. The van der Waals surface area contributed by atoms with Crippen molar-refractivity contribution in [2.75, 3.05) is 11.5 Å². The number of amides is 1. The van der Waals surface area contributed by atoms with E-state index in [9.17, 15) is 9.90 Å². The van der Waals surface area contributed by atoms with E-state index in [1.807, 2.05) is 6.07 Å². The molecule has 0 aromatic heterocycles. The van der Waals surface area contributed by atoms with Crippen LogP contribution in [0.3, 0.4) is 0 Å². The molecule has 19 heavy (non-hydrogen) atoms. The van der Waals surface area contributed by atoms with Crippen LogP contribution in [0.2, 0.25) is 0 Å². The lowest BCUT2D eigenvalue weighted by Crippen LogP contribution is -2.40. The summed E-state index contributed by atoms with van der Waals surface area (Å²) < 4.78 is 4.91. The molecule has 0 saturated carbocycles. The van der Waals surface area contributed by atoms with Gasteiger partial charge < -0.3 is 9.84 Å². The van der Waals surface area contributed by atoms with Gasteiger partial charge in [0.2, 0.25) is 6.23 Å². The zero-order chi connectivity index (χ0) is 14.1. The van der Waals surface area contributed by atoms with Gasteiger partial charge in [-0.2, -0.15) is 0 Å². The van der Waals surface area contributed by atoms with E-state index >= 15 is 0 Å². The number of anilines is 1. The van der Waals surface area contributed by atoms with Crippen molar-refractivity contribution in [1.82, 2.24) is 0 Å². The Labute approximate surface area is 113 Å². The Kier molecular flexibility index (Phi) is 6.02. The van der Waals surface area contributed by atoms with Gasteiger partial charge >= 0.3 is 6.09 Å². The summed E-state index contributed by atoms with van der Waals surface area (Å²) in [4.78, 5) is 12.9. The van der Waals surface area contributed by atoms with Crippen molar-refractivity contribution in [3.05, 3.63) is 30.3 Å². The highest BCUT2D eigenvalue weighted by atomic mass is 16.6. The van der Waals surface area contributed by atoms with Crippen molar-refractivity contribution < 1.29 is 14.6 Å². The molecule has 0 spiro atoms. The summed E-state index contributed by atoms with van der Waals surface area (Å²) >= 11 is 0. The Bertz CT molecular complexity index is 531. The largest absolute Gasteiger partial charge is 0.449 e. The number of hydrogen-bond acceptors (Lipinski definition) is 3. The molecule has 1 amide bonds. The zero-order valence-electron chi connectivity index (χ0n) is 10.9. The van der Waals surface area contributed by atoms with Crippen LogP contribution in [0.25, 0.3) is 0 Å². The second kappa shape index (κ2) is 7.81. The third-order valence-corrected chi connectivity index (χ3v) is 2.13.